The fourth-order valence-corrected chi connectivity index (χ4v) is 0.448. The number of allylic oxidation sites excluding steroid dienone is 1. The molecule has 1 aliphatic rings. The van der Waals surface area contributed by atoms with Gasteiger partial charge in [-0.25, -0.2) is 4.39 Å². The van der Waals surface area contributed by atoms with Gasteiger partial charge >= 0.3 is 0 Å². The molecule has 1 aliphatic carbocycles. The molecule has 0 unspecified atom stereocenters. The molecular formula is C5H7F. The van der Waals surface area contributed by atoms with Gasteiger partial charge < -0.3 is 0 Å². The van der Waals surface area contributed by atoms with E-state index in [9.17, 15) is 4.39 Å². The minimum Gasteiger partial charge on any atom is -0.216 e. The summed E-state index contributed by atoms with van der Waals surface area (Å²) in [4.78, 5) is 0. The first-order valence-corrected chi connectivity index (χ1v) is 2.15. The zero-order chi connectivity index (χ0) is 5.28. The van der Waals surface area contributed by atoms with Crippen molar-refractivity contribution in [3.05, 3.63) is 11.9 Å². The fourth-order valence-electron chi connectivity index (χ4n) is 0.448. The summed E-state index contributed by atoms with van der Waals surface area (Å²) in [5.41, 5.74) is 0.694. The molecule has 0 heterocycles. The van der Waals surface area contributed by atoms with Crippen molar-refractivity contribution in [2.75, 3.05) is 0 Å². The molecule has 0 amide bonds. The topological polar surface area (TPSA) is 0 Å². The number of hydrogen-bond donors (Lipinski definition) is 0. The molecule has 0 aromatic carbocycles. The Hall–Kier alpha value is -0.330. The van der Waals surface area contributed by atoms with E-state index in [2.05, 4.69) is 0 Å². The van der Waals surface area contributed by atoms with Gasteiger partial charge in [-0.2, -0.15) is 0 Å². The van der Waals surface area contributed by atoms with Crippen LogP contribution < -0.4 is 0 Å². The molecule has 0 nitrogen and oxygen atoms in total. The highest BCUT2D eigenvalue weighted by molar-refractivity contribution is 5.05. The molecule has 1 heteroatoms. The van der Waals surface area contributed by atoms with Crippen LogP contribution in [0.25, 0.3) is 0 Å². The maximum atomic E-state index is 11.7. The van der Waals surface area contributed by atoms with E-state index in [1.165, 1.54) is 0 Å². The third-order valence-corrected chi connectivity index (χ3v) is 1.09. The second-order valence-corrected chi connectivity index (χ2v) is 1.55. The highest BCUT2D eigenvalue weighted by Crippen LogP contribution is 2.24. The van der Waals surface area contributed by atoms with Crippen molar-refractivity contribution in [1.82, 2.24) is 0 Å². The van der Waals surface area contributed by atoms with E-state index in [0.717, 1.165) is 19.3 Å². The van der Waals surface area contributed by atoms with Gasteiger partial charge in [-0.05, 0) is 24.8 Å². The predicted molar refractivity (Wildman–Crippen MR) is 23.0 cm³/mol. The van der Waals surface area contributed by atoms with Gasteiger partial charge in [-0.1, -0.05) is 0 Å². The number of halogens is 1. The highest BCUT2D eigenvalue weighted by atomic mass is 19.1. The van der Waals surface area contributed by atoms with E-state index in [0.29, 0.717) is 5.57 Å². The van der Waals surface area contributed by atoms with Crippen LogP contribution in [0.15, 0.2) is 11.9 Å². The van der Waals surface area contributed by atoms with Gasteiger partial charge in [-0.3, -0.25) is 0 Å². The smallest absolute Gasteiger partial charge is 0.0956 e. The van der Waals surface area contributed by atoms with Crippen LogP contribution >= 0.6 is 0 Å². The minimum atomic E-state index is -0.703. The first-order chi connectivity index (χ1) is 3.30. The maximum absolute atomic E-state index is 11.7. The third kappa shape index (κ3) is 0.445. The van der Waals surface area contributed by atoms with Crippen LogP contribution in [0.4, 0.5) is 4.39 Å². The Balaban J connectivity index is 2.52. The van der Waals surface area contributed by atoms with Crippen LogP contribution in [0.3, 0.4) is 0 Å². The quantitative estimate of drug-likeness (QED) is 0.424. The summed E-state index contributed by atoms with van der Waals surface area (Å²) < 4.78 is 18.1. The van der Waals surface area contributed by atoms with E-state index in [1.807, 2.05) is 0 Å². The van der Waals surface area contributed by atoms with Crippen molar-refractivity contribution in [2.45, 2.75) is 19.3 Å². The Morgan fingerprint density at radius 1 is 1.83 bits per heavy atom. The molecule has 0 aromatic heterocycles. The lowest BCUT2D eigenvalue weighted by Crippen LogP contribution is -1.93. The Labute approximate surface area is 38.1 Å². The van der Waals surface area contributed by atoms with Crippen molar-refractivity contribution in [1.29, 1.82) is 0 Å². The normalized spacial score (nSPS) is 22.2. The van der Waals surface area contributed by atoms with E-state index < -0.39 is 6.31 Å². The van der Waals surface area contributed by atoms with Crippen LogP contribution in [0.1, 0.15) is 20.6 Å². The summed E-state index contributed by atoms with van der Waals surface area (Å²) in [5.74, 6) is 0. The monoisotopic (exact) mass is 87.1 g/mol. The van der Waals surface area contributed by atoms with Crippen molar-refractivity contribution in [2.24, 2.45) is 0 Å². The lowest BCUT2D eigenvalue weighted by atomic mass is 9.94. The molecule has 0 radical (unpaired) electrons. The van der Waals surface area contributed by atoms with Crippen LogP contribution in [0.5, 0.6) is 0 Å². The Morgan fingerprint density at radius 3 is 2.50 bits per heavy atom. The molecule has 0 N–H and O–H groups in total. The SMILES string of the molecule is [2H]C(F)=C1CCC1. The van der Waals surface area contributed by atoms with Gasteiger partial charge in [0.15, 0.2) is 0 Å². The first-order valence-electron chi connectivity index (χ1n) is 2.65. The Bertz CT molecular complexity index is 96.6. The highest BCUT2D eigenvalue weighted by Gasteiger charge is 2.06. The van der Waals surface area contributed by atoms with E-state index in [1.54, 1.807) is 0 Å². The summed E-state index contributed by atoms with van der Waals surface area (Å²) in [6.07, 6.45) is 2.00. The van der Waals surface area contributed by atoms with Gasteiger partial charge in [-0.15, -0.1) is 0 Å². The standard InChI is InChI=1S/C5H7F/c6-4-5-2-1-3-5/h4H,1-3H2/i4D. The summed E-state index contributed by atoms with van der Waals surface area (Å²) in [6, 6.07) is 0. The summed E-state index contributed by atoms with van der Waals surface area (Å²) in [5, 5.41) is 0. The van der Waals surface area contributed by atoms with Crippen LogP contribution in [0, 0.1) is 0 Å². The van der Waals surface area contributed by atoms with E-state index >= 15 is 0 Å². The predicted octanol–water partition coefficient (Wildman–Crippen LogP) is 2.02. The molecule has 0 aliphatic heterocycles. The van der Waals surface area contributed by atoms with Crippen LogP contribution in [0.2, 0.25) is 0 Å². The number of rotatable bonds is 0. The first kappa shape index (κ1) is 2.78. The fraction of sp³-hybridized carbons (Fsp3) is 0.600. The molecule has 34 valence electrons. The molecule has 0 aromatic rings. The Morgan fingerprint density at radius 2 is 2.50 bits per heavy atom. The minimum absolute atomic E-state index is 0.694. The zero-order valence-electron chi connectivity index (χ0n) is 4.50. The summed E-state index contributed by atoms with van der Waals surface area (Å²) in [6.45, 7) is 0. The van der Waals surface area contributed by atoms with Crippen molar-refractivity contribution >= 4 is 0 Å². The zero-order valence-corrected chi connectivity index (χ0v) is 3.50. The molecule has 0 atom stereocenters. The average molecular weight is 87.1 g/mol. The summed E-state index contributed by atoms with van der Waals surface area (Å²) in [7, 11) is 0. The van der Waals surface area contributed by atoms with Gasteiger partial charge in [0.1, 0.15) is 0 Å². The van der Waals surface area contributed by atoms with Crippen LogP contribution in [-0.2, 0) is 0 Å². The van der Waals surface area contributed by atoms with Gasteiger partial charge in [0.05, 0.1) is 7.68 Å². The maximum Gasteiger partial charge on any atom is 0.0956 e. The largest absolute Gasteiger partial charge is 0.216 e. The Kier molecular flexibility index (Phi) is 0.655. The number of hydrogen-bond acceptors (Lipinski definition) is 0. The van der Waals surface area contributed by atoms with Crippen molar-refractivity contribution < 1.29 is 5.76 Å². The van der Waals surface area contributed by atoms with Crippen molar-refractivity contribution in [3.8, 4) is 0 Å². The van der Waals surface area contributed by atoms with Gasteiger partial charge in [0.2, 0.25) is 0 Å². The molecule has 0 saturated heterocycles. The third-order valence-electron chi connectivity index (χ3n) is 1.09. The van der Waals surface area contributed by atoms with Gasteiger partial charge in [0.25, 0.3) is 0 Å². The second kappa shape index (κ2) is 1.41. The summed E-state index contributed by atoms with van der Waals surface area (Å²) >= 11 is 0. The second-order valence-electron chi connectivity index (χ2n) is 1.55. The van der Waals surface area contributed by atoms with Crippen LogP contribution in [-0.4, -0.2) is 0 Å². The molecule has 0 bridgehead atoms. The average Bonchev–Trinajstić information content (AvgIpc) is 1.23. The van der Waals surface area contributed by atoms with E-state index in [-0.39, 0.29) is 0 Å². The lowest BCUT2D eigenvalue weighted by Gasteiger charge is -2.12. The molecule has 1 rings (SSSR count). The molecular weight excluding hydrogens is 79.1 g/mol. The molecule has 1 saturated carbocycles. The van der Waals surface area contributed by atoms with Crippen molar-refractivity contribution in [3.63, 3.8) is 0 Å². The molecule has 0 spiro atoms. The lowest BCUT2D eigenvalue weighted by molar-refractivity contribution is 0.605. The molecule has 6 heavy (non-hydrogen) atoms. The molecule has 1 fully saturated rings. The van der Waals surface area contributed by atoms with E-state index in [4.69, 9.17) is 1.37 Å². The van der Waals surface area contributed by atoms with Gasteiger partial charge in [0, 0.05) is 0 Å².